The third-order valence-corrected chi connectivity index (χ3v) is 2.44. The van der Waals surface area contributed by atoms with E-state index in [4.69, 9.17) is 0 Å². The molecular weight excluding hydrogens is 254 g/mol. The number of rotatable bonds is 8. The van der Waals surface area contributed by atoms with E-state index in [0.717, 1.165) is 6.54 Å². The molecular formula is C13H18F2N2O2. The van der Waals surface area contributed by atoms with Crippen LogP contribution in [0.15, 0.2) is 24.3 Å². The van der Waals surface area contributed by atoms with Crippen LogP contribution in [0.3, 0.4) is 0 Å². The molecule has 2 N–H and O–H groups in total. The number of para-hydroxylation sites is 1. The van der Waals surface area contributed by atoms with Gasteiger partial charge in [-0.05, 0) is 12.6 Å². The molecule has 0 unspecified atom stereocenters. The summed E-state index contributed by atoms with van der Waals surface area (Å²) in [6, 6.07) is 6.40. The molecule has 0 heterocycles. The first-order valence-electron chi connectivity index (χ1n) is 6.13. The molecule has 0 spiro atoms. The van der Waals surface area contributed by atoms with Crippen LogP contribution >= 0.6 is 0 Å². The van der Waals surface area contributed by atoms with Crippen LogP contribution in [-0.2, 0) is 11.3 Å². The Morgan fingerprint density at radius 1 is 1.37 bits per heavy atom. The van der Waals surface area contributed by atoms with Crippen LogP contribution in [0.25, 0.3) is 0 Å². The highest BCUT2D eigenvalue weighted by Gasteiger charge is 2.09. The first-order chi connectivity index (χ1) is 9.13. The van der Waals surface area contributed by atoms with E-state index in [9.17, 15) is 13.6 Å². The van der Waals surface area contributed by atoms with Crippen molar-refractivity contribution >= 4 is 5.91 Å². The van der Waals surface area contributed by atoms with Crippen molar-refractivity contribution in [2.45, 2.75) is 26.5 Å². The Labute approximate surface area is 111 Å². The molecule has 1 aromatic carbocycles. The second kappa shape index (κ2) is 8.42. The molecule has 1 aromatic rings. The number of carbonyl (C=O) groups is 1. The van der Waals surface area contributed by atoms with E-state index >= 15 is 0 Å². The molecule has 0 fully saturated rings. The van der Waals surface area contributed by atoms with Gasteiger partial charge >= 0.3 is 6.61 Å². The van der Waals surface area contributed by atoms with E-state index in [1.807, 2.05) is 6.92 Å². The maximum atomic E-state index is 12.2. The zero-order valence-corrected chi connectivity index (χ0v) is 10.8. The van der Waals surface area contributed by atoms with Gasteiger partial charge in [0.2, 0.25) is 5.91 Å². The number of alkyl halides is 2. The Kier molecular flexibility index (Phi) is 6.81. The maximum absolute atomic E-state index is 12.2. The smallest absolute Gasteiger partial charge is 0.387 e. The number of amides is 1. The lowest BCUT2D eigenvalue weighted by atomic mass is 10.2. The fourth-order valence-corrected chi connectivity index (χ4v) is 1.52. The second-order valence-electron chi connectivity index (χ2n) is 3.87. The molecule has 0 aromatic heterocycles. The summed E-state index contributed by atoms with van der Waals surface area (Å²) >= 11 is 0. The average Bonchev–Trinajstić information content (AvgIpc) is 2.37. The van der Waals surface area contributed by atoms with Gasteiger partial charge < -0.3 is 15.4 Å². The van der Waals surface area contributed by atoms with Crippen molar-refractivity contribution in [3.63, 3.8) is 0 Å². The van der Waals surface area contributed by atoms with Crippen molar-refractivity contribution in [2.75, 3.05) is 13.1 Å². The van der Waals surface area contributed by atoms with Gasteiger partial charge in [-0.1, -0.05) is 25.1 Å². The summed E-state index contributed by atoms with van der Waals surface area (Å²) in [4.78, 5) is 11.5. The Hall–Kier alpha value is -1.69. The first-order valence-corrected chi connectivity index (χ1v) is 6.13. The van der Waals surface area contributed by atoms with E-state index in [0.29, 0.717) is 18.5 Å². The molecule has 4 nitrogen and oxygen atoms in total. The van der Waals surface area contributed by atoms with Gasteiger partial charge in [0.05, 0.1) is 0 Å². The topological polar surface area (TPSA) is 50.4 Å². The fourth-order valence-electron chi connectivity index (χ4n) is 1.52. The molecule has 6 heteroatoms. The monoisotopic (exact) mass is 272 g/mol. The third kappa shape index (κ3) is 6.15. The maximum Gasteiger partial charge on any atom is 0.387 e. The number of carbonyl (C=O) groups excluding carboxylic acids is 1. The average molecular weight is 272 g/mol. The highest BCUT2D eigenvalue weighted by atomic mass is 19.3. The number of benzene rings is 1. The van der Waals surface area contributed by atoms with Gasteiger partial charge in [0, 0.05) is 25.1 Å². The summed E-state index contributed by atoms with van der Waals surface area (Å²) < 4.78 is 28.8. The first kappa shape index (κ1) is 15.4. The normalized spacial score (nSPS) is 10.5. The second-order valence-corrected chi connectivity index (χ2v) is 3.87. The number of halogens is 2. The number of hydrogen-bond acceptors (Lipinski definition) is 3. The molecule has 0 aliphatic rings. The lowest BCUT2D eigenvalue weighted by Crippen LogP contribution is -2.27. The summed E-state index contributed by atoms with van der Waals surface area (Å²) in [6.45, 7) is 0.658. The Morgan fingerprint density at radius 2 is 2.11 bits per heavy atom. The van der Waals surface area contributed by atoms with Gasteiger partial charge in [-0.25, -0.2) is 0 Å². The molecule has 106 valence electrons. The van der Waals surface area contributed by atoms with Crippen LogP contribution in [0.5, 0.6) is 5.75 Å². The van der Waals surface area contributed by atoms with Crippen molar-refractivity contribution in [3.8, 4) is 5.75 Å². The van der Waals surface area contributed by atoms with Crippen LogP contribution in [0.2, 0.25) is 0 Å². The largest absolute Gasteiger partial charge is 0.434 e. The predicted octanol–water partition coefficient (Wildman–Crippen LogP) is 1.90. The molecule has 1 rings (SSSR count). The molecule has 0 radical (unpaired) electrons. The molecule has 0 saturated carbocycles. The molecule has 0 aliphatic carbocycles. The van der Waals surface area contributed by atoms with Gasteiger partial charge in [0.1, 0.15) is 5.75 Å². The van der Waals surface area contributed by atoms with Crippen LogP contribution in [-0.4, -0.2) is 25.6 Å². The minimum absolute atomic E-state index is 0.0875. The Bertz CT molecular complexity index is 400. The molecule has 0 bridgehead atoms. The van der Waals surface area contributed by atoms with E-state index in [1.54, 1.807) is 18.2 Å². The highest BCUT2D eigenvalue weighted by molar-refractivity contribution is 5.76. The third-order valence-electron chi connectivity index (χ3n) is 2.44. The highest BCUT2D eigenvalue weighted by Crippen LogP contribution is 2.19. The van der Waals surface area contributed by atoms with Crippen molar-refractivity contribution in [3.05, 3.63) is 29.8 Å². The van der Waals surface area contributed by atoms with Crippen molar-refractivity contribution in [1.29, 1.82) is 0 Å². The van der Waals surface area contributed by atoms with E-state index in [2.05, 4.69) is 15.4 Å². The lowest BCUT2D eigenvalue weighted by molar-refractivity contribution is -0.121. The van der Waals surface area contributed by atoms with Crippen molar-refractivity contribution in [2.24, 2.45) is 0 Å². The molecule has 19 heavy (non-hydrogen) atoms. The summed E-state index contributed by atoms with van der Waals surface area (Å²) in [5.74, 6) is -0.0442. The van der Waals surface area contributed by atoms with E-state index < -0.39 is 6.61 Å². The van der Waals surface area contributed by atoms with Gasteiger partial charge in [0.25, 0.3) is 0 Å². The minimum Gasteiger partial charge on any atom is -0.434 e. The van der Waals surface area contributed by atoms with Gasteiger partial charge in [-0.2, -0.15) is 8.78 Å². The molecule has 0 saturated heterocycles. The SMILES string of the molecule is CCNCCC(=O)NCc1ccccc1OC(F)F. The quantitative estimate of drug-likeness (QED) is 0.711. The summed E-state index contributed by atoms with van der Waals surface area (Å²) in [6.07, 6.45) is 0.353. The number of nitrogens with one attached hydrogen (secondary N) is 2. The van der Waals surface area contributed by atoms with Crippen LogP contribution in [0.4, 0.5) is 8.78 Å². The van der Waals surface area contributed by atoms with Crippen molar-refractivity contribution < 1.29 is 18.3 Å². The van der Waals surface area contributed by atoms with Gasteiger partial charge in [-0.3, -0.25) is 4.79 Å². The van der Waals surface area contributed by atoms with E-state index in [1.165, 1.54) is 6.07 Å². The zero-order valence-electron chi connectivity index (χ0n) is 10.8. The lowest BCUT2D eigenvalue weighted by Gasteiger charge is -2.11. The van der Waals surface area contributed by atoms with Gasteiger partial charge in [0.15, 0.2) is 0 Å². The molecule has 0 atom stereocenters. The summed E-state index contributed by atoms with van der Waals surface area (Å²) in [5, 5.41) is 5.70. The van der Waals surface area contributed by atoms with Crippen LogP contribution in [0.1, 0.15) is 18.9 Å². The van der Waals surface area contributed by atoms with Gasteiger partial charge in [-0.15, -0.1) is 0 Å². The standard InChI is InChI=1S/C13H18F2N2O2/c1-2-16-8-7-12(18)17-9-10-5-3-4-6-11(10)19-13(14)15/h3-6,13,16H,2,7-9H2,1H3,(H,17,18). The summed E-state index contributed by atoms with van der Waals surface area (Å²) in [7, 11) is 0. The van der Waals surface area contributed by atoms with Crippen LogP contribution in [0, 0.1) is 0 Å². The molecule has 0 aliphatic heterocycles. The Balaban J connectivity index is 2.46. The van der Waals surface area contributed by atoms with Crippen LogP contribution < -0.4 is 15.4 Å². The Morgan fingerprint density at radius 3 is 2.79 bits per heavy atom. The fraction of sp³-hybridized carbons (Fsp3) is 0.462. The van der Waals surface area contributed by atoms with Crippen molar-refractivity contribution in [1.82, 2.24) is 10.6 Å². The predicted molar refractivity (Wildman–Crippen MR) is 68.1 cm³/mol. The number of ether oxygens (including phenoxy) is 1. The van der Waals surface area contributed by atoms with E-state index in [-0.39, 0.29) is 18.2 Å². The minimum atomic E-state index is -2.87. The summed E-state index contributed by atoms with van der Waals surface area (Å²) in [5.41, 5.74) is 0.527. The zero-order chi connectivity index (χ0) is 14.1. The number of hydrogen-bond donors (Lipinski definition) is 2. The molecule has 1 amide bonds.